The van der Waals surface area contributed by atoms with Gasteiger partial charge in [0.25, 0.3) is 0 Å². The van der Waals surface area contributed by atoms with Crippen LogP contribution in [0.2, 0.25) is 0 Å². The quantitative estimate of drug-likeness (QED) is 0.0283. The lowest BCUT2D eigenvalue weighted by Crippen LogP contribution is -2.60. The summed E-state index contributed by atoms with van der Waals surface area (Å²) >= 11 is 0. The van der Waals surface area contributed by atoms with Crippen molar-refractivity contribution >= 4 is 16.4 Å². The SMILES string of the molecule is CC/C=C\C/C=C\C/C=C\C/C=C\C/C=C\CCCCOCC(COC1OC(CO)C(O)C(OS(=O)(=O)O)C1O)OC(=O)CCCCCCCC. The molecule has 294 valence electrons. The molecule has 13 heteroatoms. The maximum atomic E-state index is 12.6. The van der Waals surface area contributed by atoms with Crippen LogP contribution in [-0.4, -0.2) is 97.5 Å². The largest absolute Gasteiger partial charge is 0.457 e. The minimum Gasteiger partial charge on any atom is -0.457 e. The normalized spacial score (nSPS) is 22.4. The van der Waals surface area contributed by atoms with Gasteiger partial charge in [0.05, 0.1) is 19.8 Å². The summed E-state index contributed by atoms with van der Waals surface area (Å²) in [6.07, 6.45) is 26.0. The Kier molecular flexibility index (Phi) is 27.8. The number of hydrogen-bond donors (Lipinski definition) is 4. The van der Waals surface area contributed by atoms with Crippen molar-refractivity contribution < 1.29 is 56.2 Å². The molecule has 0 aromatic rings. The van der Waals surface area contributed by atoms with E-state index in [1.54, 1.807) is 0 Å². The van der Waals surface area contributed by atoms with Crippen molar-refractivity contribution in [2.45, 2.75) is 147 Å². The first-order valence-corrected chi connectivity index (χ1v) is 19.9. The molecule has 0 bridgehead atoms. The summed E-state index contributed by atoms with van der Waals surface area (Å²) in [7, 11) is -5.06. The molecular formula is C38H64O12S. The summed E-state index contributed by atoms with van der Waals surface area (Å²) in [4.78, 5) is 12.6. The highest BCUT2D eigenvalue weighted by Crippen LogP contribution is 2.26. The fourth-order valence-electron chi connectivity index (χ4n) is 5.11. The molecule has 4 N–H and O–H groups in total. The van der Waals surface area contributed by atoms with Crippen LogP contribution in [0.3, 0.4) is 0 Å². The molecule has 51 heavy (non-hydrogen) atoms. The van der Waals surface area contributed by atoms with Crippen LogP contribution in [-0.2, 0) is 38.3 Å². The summed E-state index contributed by atoms with van der Waals surface area (Å²) in [5.41, 5.74) is 0. The highest BCUT2D eigenvalue weighted by Gasteiger charge is 2.48. The van der Waals surface area contributed by atoms with Gasteiger partial charge in [-0.05, 0) is 57.8 Å². The molecule has 1 fully saturated rings. The van der Waals surface area contributed by atoms with Crippen molar-refractivity contribution in [3.63, 3.8) is 0 Å². The average molecular weight is 745 g/mol. The van der Waals surface area contributed by atoms with Crippen LogP contribution in [0.4, 0.5) is 0 Å². The second-order valence-electron chi connectivity index (χ2n) is 12.4. The molecule has 0 aromatic carbocycles. The summed E-state index contributed by atoms with van der Waals surface area (Å²) in [5, 5.41) is 30.4. The van der Waals surface area contributed by atoms with E-state index in [0.717, 1.165) is 83.5 Å². The number of rotatable bonds is 30. The third kappa shape index (κ3) is 24.6. The Hall–Kier alpha value is -2.20. The number of esters is 1. The first-order chi connectivity index (χ1) is 24.6. The Morgan fingerprint density at radius 3 is 1.94 bits per heavy atom. The van der Waals surface area contributed by atoms with E-state index in [1.807, 2.05) is 0 Å². The van der Waals surface area contributed by atoms with Crippen LogP contribution >= 0.6 is 0 Å². The highest BCUT2D eigenvalue weighted by molar-refractivity contribution is 7.80. The van der Waals surface area contributed by atoms with Crippen molar-refractivity contribution in [2.24, 2.45) is 0 Å². The molecule has 0 aliphatic carbocycles. The number of carbonyl (C=O) groups is 1. The molecule has 6 atom stereocenters. The summed E-state index contributed by atoms with van der Waals surface area (Å²) < 4.78 is 58.5. The number of aliphatic hydroxyl groups is 3. The maximum Gasteiger partial charge on any atom is 0.397 e. The van der Waals surface area contributed by atoms with Gasteiger partial charge in [-0.2, -0.15) is 8.42 Å². The van der Waals surface area contributed by atoms with Crippen LogP contribution in [0.15, 0.2) is 60.8 Å². The Morgan fingerprint density at radius 1 is 0.765 bits per heavy atom. The second-order valence-corrected chi connectivity index (χ2v) is 13.5. The van der Waals surface area contributed by atoms with Gasteiger partial charge >= 0.3 is 16.4 Å². The first kappa shape index (κ1) is 46.8. The third-order valence-electron chi connectivity index (χ3n) is 7.90. The minimum atomic E-state index is -5.06. The van der Waals surface area contributed by atoms with Crippen molar-refractivity contribution in [1.29, 1.82) is 0 Å². The number of carbonyl (C=O) groups excluding carboxylic acids is 1. The van der Waals surface area contributed by atoms with Gasteiger partial charge in [-0.25, -0.2) is 4.18 Å². The Balaban J connectivity index is 2.49. The standard InChI is InChI=1S/C38H64O12S/c1-3-5-7-9-11-12-13-14-15-16-17-18-19-20-21-22-24-26-28-46-30-32(48-34(40)27-25-23-10-8-6-4-2)31-47-38-36(42)37(50-51(43,44)45)35(41)33(29-39)49-38/h5,7,11-12,14-15,17-18,20-21,32-33,35-39,41-42H,3-4,6,8-10,13,16,19,22-31H2,1-2H3,(H,43,44,45)/b7-5-,12-11-,15-14-,18-17-,21-20-. The zero-order valence-corrected chi connectivity index (χ0v) is 31.5. The van der Waals surface area contributed by atoms with Crippen LogP contribution in [0.1, 0.15) is 110 Å². The predicted octanol–water partition coefficient (Wildman–Crippen LogP) is 6.23. The van der Waals surface area contributed by atoms with E-state index in [4.69, 9.17) is 23.5 Å². The molecule has 0 radical (unpaired) electrons. The second kappa shape index (κ2) is 30.3. The zero-order chi connectivity index (χ0) is 37.6. The van der Waals surface area contributed by atoms with Crippen LogP contribution in [0, 0.1) is 0 Å². The number of ether oxygens (including phenoxy) is 4. The number of allylic oxidation sites excluding steroid dienone is 10. The summed E-state index contributed by atoms with van der Waals surface area (Å²) in [6, 6.07) is 0. The highest BCUT2D eigenvalue weighted by atomic mass is 32.3. The number of hydrogen-bond acceptors (Lipinski definition) is 11. The minimum absolute atomic E-state index is 0.00370. The molecule has 6 unspecified atom stereocenters. The van der Waals surface area contributed by atoms with Crippen LogP contribution in [0.5, 0.6) is 0 Å². The lowest BCUT2D eigenvalue weighted by atomic mass is 9.99. The van der Waals surface area contributed by atoms with E-state index in [9.17, 15) is 28.5 Å². The molecule has 1 saturated heterocycles. The summed E-state index contributed by atoms with van der Waals surface area (Å²) in [5.74, 6) is -0.428. The monoisotopic (exact) mass is 744 g/mol. The van der Waals surface area contributed by atoms with E-state index in [1.165, 1.54) is 0 Å². The molecule has 12 nitrogen and oxygen atoms in total. The van der Waals surface area contributed by atoms with Gasteiger partial charge in [0, 0.05) is 13.0 Å². The van der Waals surface area contributed by atoms with Gasteiger partial charge in [0.15, 0.2) is 6.29 Å². The molecule has 0 amide bonds. The smallest absolute Gasteiger partial charge is 0.397 e. The lowest BCUT2D eigenvalue weighted by Gasteiger charge is -2.41. The third-order valence-corrected chi connectivity index (χ3v) is 8.37. The van der Waals surface area contributed by atoms with Gasteiger partial charge < -0.3 is 34.3 Å². The van der Waals surface area contributed by atoms with E-state index in [0.29, 0.717) is 13.0 Å². The molecule has 0 aromatic heterocycles. The van der Waals surface area contributed by atoms with Gasteiger partial charge in [0.1, 0.15) is 30.5 Å². The Morgan fingerprint density at radius 2 is 1.35 bits per heavy atom. The van der Waals surface area contributed by atoms with Crippen LogP contribution in [0.25, 0.3) is 0 Å². The van der Waals surface area contributed by atoms with Gasteiger partial charge in [-0.1, -0.05) is 107 Å². The van der Waals surface area contributed by atoms with E-state index < -0.39 is 59.8 Å². The number of unbranched alkanes of at least 4 members (excludes halogenated alkanes) is 7. The summed E-state index contributed by atoms with van der Waals surface area (Å²) in [6.45, 7) is 3.65. The van der Waals surface area contributed by atoms with Crippen LogP contribution < -0.4 is 0 Å². The molecule has 1 rings (SSSR count). The fraction of sp³-hybridized carbons (Fsp3) is 0.711. The first-order valence-electron chi connectivity index (χ1n) is 18.5. The molecule has 1 aliphatic rings. The topological polar surface area (TPSA) is 178 Å². The van der Waals surface area contributed by atoms with E-state index in [-0.39, 0.29) is 19.6 Å². The molecule has 0 saturated carbocycles. The van der Waals surface area contributed by atoms with E-state index in [2.05, 4.69) is 78.8 Å². The zero-order valence-electron chi connectivity index (χ0n) is 30.6. The molecular weight excluding hydrogens is 680 g/mol. The van der Waals surface area contributed by atoms with Crippen molar-refractivity contribution in [3.05, 3.63) is 60.8 Å². The van der Waals surface area contributed by atoms with Crippen molar-refractivity contribution in [1.82, 2.24) is 0 Å². The average Bonchev–Trinajstić information content (AvgIpc) is 3.09. The van der Waals surface area contributed by atoms with Gasteiger partial charge in [-0.3, -0.25) is 9.35 Å². The molecule has 1 aliphatic heterocycles. The van der Waals surface area contributed by atoms with Crippen molar-refractivity contribution in [3.8, 4) is 0 Å². The number of aliphatic hydroxyl groups excluding tert-OH is 3. The van der Waals surface area contributed by atoms with Gasteiger partial charge in [-0.15, -0.1) is 0 Å². The lowest BCUT2D eigenvalue weighted by molar-refractivity contribution is -0.301. The maximum absolute atomic E-state index is 12.6. The molecule has 1 heterocycles. The van der Waals surface area contributed by atoms with Crippen molar-refractivity contribution in [2.75, 3.05) is 26.4 Å². The molecule has 0 spiro atoms. The Labute approximate surface area is 306 Å². The predicted molar refractivity (Wildman–Crippen MR) is 197 cm³/mol. The van der Waals surface area contributed by atoms with Gasteiger partial charge in [0.2, 0.25) is 0 Å². The fourth-order valence-corrected chi connectivity index (χ4v) is 5.62. The Bertz CT molecular complexity index is 1130. The van der Waals surface area contributed by atoms with E-state index >= 15 is 0 Å².